The van der Waals surface area contributed by atoms with E-state index in [1.165, 1.54) is 5.56 Å². The third kappa shape index (κ3) is 4.45. The molecule has 0 radical (unpaired) electrons. The van der Waals surface area contributed by atoms with Crippen LogP contribution in [0.1, 0.15) is 18.9 Å². The van der Waals surface area contributed by atoms with E-state index < -0.39 is 0 Å². The van der Waals surface area contributed by atoms with Gasteiger partial charge in [0.2, 0.25) is 0 Å². The van der Waals surface area contributed by atoms with Crippen LogP contribution in [-0.4, -0.2) is 6.04 Å². The van der Waals surface area contributed by atoms with Crippen molar-refractivity contribution in [1.82, 2.24) is 0 Å². The lowest BCUT2D eigenvalue weighted by molar-refractivity contribution is 0.690. The van der Waals surface area contributed by atoms with Gasteiger partial charge in [0.05, 0.1) is 0 Å². The third-order valence-corrected chi connectivity index (χ3v) is 3.49. The molecule has 0 saturated carbocycles. The molecule has 3 heteroatoms. The first-order valence-electron chi connectivity index (χ1n) is 6.44. The molecule has 0 fully saturated rings. The molecule has 1 atom stereocenters. The first-order valence-corrected chi connectivity index (χ1v) is 7.19. The summed E-state index contributed by atoms with van der Waals surface area (Å²) in [6.45, 7) is 2.17. The summed E-state index contributed by atoms with van der Waals surface area (Å²) in [6, 6.07) is 16.4. The molecule has 0 amide bonds. The summed E-state index contributed by atoms with van der Waals surface area (Å²) in [6.07, 6.45) is 2.03. The van der Waals surface area contributed by atoms with E-state index in [1.54, 1.807) is 6.07 Å². The zero-order valence-corrected chi connectivity index (χ0v) is 12.4. The number of halogens is 2. The van der Waals surface area contributed by atoms with Gasteiger partial charge in [-0.3, -0.25) is 0 Å². The van der Waals surface area contributed by atoms with Crippen LogP contribution in [0.25, 0.3) is 0 Å². The largest absolute Gasteiger partial charge is 0.382 e. The van der Waals surface area contributed by atoms with Crippen molar-refractivity contribution in [3.05, 3.63) is 64.1 Å². The highest BCUT2D eigenvalue weighted by atomic mass is 35.5. The minimum atomic E-state index is 0.372. The third-order valence-electron chi connectivity index (χ3n) is 3.05. The lowest BCUT2D eigenvalue weighted by Crippen LogP contribution is -2.21. The zero-order chi connectivity index (χ0) is 13.7. The molecule has 0 saturated heterocycles. The van der Waals surface area contributed by atoms with Crippen molar-refractivity contribution in [2.24, 2.45) is 0 Å². The fourth-order valence-corrected chi connectivity index (χ4v) is 2.59. The van der Waals surface area contributed by atoms with Gasteiger partial charge in [-0.25, -0.2) is 0 Å². The number of hydrogen-bond donors (Lipinski definition) is 1. The highest BCUT2D eigenvalue weighted by Gasteiger charge is 2.08. The second-order valence-electron chi connectivity index (χ2n) is 4.60. The molecule has 0 aliphatic rings. The van der Waals surface area contributed by atoms with E-state index in [0.29, 0.717) is 16.1 Å². The van der Waals surface area contributed by atoms with Gasteiger partial charge in [0.1, 0.15) is 0 Å². The average molecular weight is 294 g/mol. The smallest absolute Gasteiger partial charge is 0.0441 e. The van der Waals surface area contributed by atoms with E-state index in [1.807, 2.05) is 18.2 Å². The van der Waals surface area contributed by atoms with Crippen molar-refractivity contribution in [1.29, 1.82) is 0 Å². The zero-order valence-electron chi connectivity index (χ0n) is 10.9. The molecule has 1 N–H and O–H groups in total. The van der Waals surface area contributed by atoms with Gasteiger partial charge < -0.3 is 5.32 Å². The molecule has 2 rings (SSSR count). The normalized spacial score (nSPS) is 12.2. The molecule has 0 bridgehead atoms. The van der Waals surface area contributed by atoms with Crippen LogP contribution < -0.4 is 5.32 Å². The van der Waals surface area contributed by atoms with Crippen molar-refractivity contribution in [2.75, 3.05) is 5.32 Å². The van der Waals surface area contributed by atoms with Crippen molar-refractivity contribution in [2.45, 2.75) is 25.8 Å². The molecular formula is C16H17Cl2N. The van der Waals surface area contributed by atoms with Gasteiger partial charge in [-0.2, -0.15) is 0 Å². The number of hydrogen-bond acceptors (Lipinski definition) is 1. The van der Waals surface area contributed by atoms with Crippen LogP contribution in [0.4, 0.5) is 5.69 Å². The Morgan fingerprint density at radius 1 is 1.00 bits per heavy atom. The fourth-order valence-electron chi connectivity index (χ4n) is 2.07. The number of nitrogens with one attached hydrogen (secondary N) is 1. The standard InChI is InChI=1S/C16H17Cl2N/c1-2-15(8-12-6-4-3-5-7-12)19-16-10-13(17)9-14(18)11-16/h3-7,9-11,15,19H,2,8H2,1H3. The van der Waals surface area contributed by atoms with Gasteiger partial charge in [-0.1, -0.05) is 60.5 Å². The number of anilines is 1. The molecule has 19 heavy (non-hydrogen) atoms. The first-order chi connectivity index (χ1) is 9.17. The molecule has 0 aliphatic carbocycles. The van der Waals surface area contributed by atoms with E-state index in [9.17, 15) is 0 Å². The van der Waals surface area contributed by atoms with E-state index in [2.05, 4.69) is 36.5 Å². The average Bonchev–Trinajstić information content (AvgIpc) is 2.38. The SMILES string of the molecule is CCC(Cc1ccccc1)Nc1cc(Cl)cc(Cl)c1. The van der Waals surface area contributed by atoms with E-state index in [0.717, 1.165) is 18.5 Å². The van der Waals surface area contributed by atoms with E-state index in [-0.39, 0.29) is 0 Å². The summed E-state index contributed by atoms with van der Waals surface area (Å²) in [4.78, 5) is 0. The molecule has 0 spiro atoms. The molecule has 1 unspecified atom stereocenters. The highest BCUT2D eigenvalue weighted by molar-refractivity contribution is 6.35. The Labute approximate surface area is 124 Å². The van der Waals surface area contributed by atoms with Crippen LogP contribution in [-0.2, 0) is 6.42 Å². The maximum absolute atomic E-state index is 6.01. The van der Waals surface area contributed by atoms with Crippen molar-refractivity contribution in [3.8, 4) is 0 Å². The molecule has 0 aliphatic heterocycles. The van der Waals surface area contributed by atoms with Gasteiger partial charge in [0, 0.05) is 21.8 Å². The Balaban J connectivity index is 2.06. The van der Waals surface area contributed by atoms with Gasteiger partial charge in [-0.05, 0) is 36.6 Å². The minimum absolute atomic E-state index is 0.372. The molecule has 1 nitrogen and oxygen atoms in total. The maximum atomic E-state index is 6.01. The summed E-state index contributed by atoms with van der Waals surface area (Å²) in [5.74, 6) is 0. The van der Waals surface area contributed by atoms with Crippen LogP contribution in [0.5, 0.6) is 0 Å². The monoisotopic (exact) mass is 293 g/mol. The van der Waals surface area contributed by atoms with Crippen molar-refractivity contribution in [3.63, 3.8) is 0 Å². The molecule has 0 aromatic heterocycles. The molecule has 0 heterocycles. The second-order valence-corrected chi connectivity index (χ2v) is 5.47. The van der Waals surface area contributed by atoms with Gasteiger partial charge >= 0.3 is 0 Å². The van der Waals surface area contributed by atoms with Gasteiger partial charge in [-0.15, -0.1) is 0 Å². The Morgan fingerprint density at radius 3 is 2.21 bits per heavy atom. The summed E-state index contributed by atoms with van der Waals surface area (Å²) >= 11 is 12.0. The predicted molar refractivity (Wildman–Crippen MR) is 84.3 cm³/mol. The predicted octanol–water partition coefficient (Wildman–Crippen LogP) is 5.43. The molecule has 100 valence electrons. The highest BCUT2D eigenvalue weighted by Crippen LogP contribution is 2.23. The van der Waals surface area contributed by atoms with Crippen molar-refractivity contribution >= 4 is 28.9 Å². The van der Waals surface area contributed by atoms with Crippen LogP contribution in [0.15, 0.2) is 48.5 Å². The van der Waals surface area contributed by atoms with Crippen LogP contribution in [0, 0.1) is 0 Å². The number of benzene rings is 2. The summed E-state index contributed by atoms with van der Waals surface area (Å²) in [5, 5.41) is 4.80. The second kappa shape index (κ2) is 6.83. The molecular weight excluding hydrogens is 277 g/mol. The maximum Gasteiger partial charge on any atom is 0.0441 e. The summed E-state index contributed by atoms with van der Waals surface area (Å²) in [5.41, 5.74) is 2.30. The quantitative estimate of drug-likeness (QED) is 0.775. The van der Waals surface area contributed by atoms with Crippen LogP contribution in [0.3, 0.4) is 0 Å². The number of rotatable bonds is 5. The van der Waals surface area contributed by atoms with Gasteiger partial charge in [0.25, 0.3) is 0 Å². The van der Waals surface area contributed by atoms with Crippen LogP contribution in [0.2, 0.25) is 10.0 Å². The van der Waals surface area contributed by atoms with Crippen LogP contribution >= 0.6 is 23.2 Å². The van der Waals surface area contributed by atoms with Crippen molar-refractivity contribution < 1.29 is 0 Å². The first kappa shape index (κ1) is 14.2. The lowest BCUT2D eigenvalue weighted by atomic mass is 10.0. The van der Waals surface area contributed by atoms with Gasteiger partial charge in [0.15, 0.2) is 0 Å². The topological polar surface area (TPSA) is 12.0 Å². The summed E-state index contributed by atoms with van der Waals surface area (Å²) < 4.78 is 0. The summed E-state index contributed by atoms with van der Waals surface area (Å²) in [7, 11) is 0. The molecule has 2 aromatic carbocycles. The fraction of sp³-hybridized carbons (Fsp3) is 0.250. The Bertz CT molecular complexity index is 505. The Hall–Kier alpha value is -1.18. The Morgan fingerprint density at radius 2 is 1.63 bits per heavy atom. The lowest BCUT2D eigenvalue weighted by Gasteiger charge is -2.19. The van der Waals surface area contributed by atoms with E-state index in [4.69, 9.17) is 23.2 Å². The minimum Gasteiger partial charge on any atom is -0.382 e. The molecule has 2 aromatic rings. The Kier molecular flexibility index (Phi) is 5.12. The van der Waals surface area contributed by atoms with E-state index >= 15 is 0 Å².